The van der Waals surface area contributed by atoms with Gasteiger partial charge in [0.25, 0.3) is 0 Å². The van der Waals surface area contributed by atoms with Crippen molar-refractivity contribution < 1.29 is 14.2 Å². The Morgan fingerprint density at radius 1 is 0.882 bits per heavy atom. The van der Waals surface area contributed by atoms with E-state index >= 15 is 0 Å². The van der Waals surface area contributed by atoms with Crippen LogP contribution in [0.2, 0.25) is 0 Å². The lowest BCUT2D eigenvalue weighted by Gasteiger charge is -2.37. The van der Waals surface area contributed by atoms with Gasteiger partial charge >= 0.3 is 7.48 Å². The fourth-order valence-electron chi connectivity index (χ4n) is 4.91. The summed E-state index contributed by atoms with van der Waals surface area (Å²) in [6, 6.07) is 21.4. The van der Waals surface area contributed by atoms with Gasteiger partial charge in [-0.2, -0.15) is 0 Å². The number of hydrogen-bond acceptors (Lipinski definition) is 3. The van der Waals surface area contributed by atoms with Gasteiger partial charge in [-0.1, -0.05) is 73.9 Å². The van der Waals surface area contributed by atoms with Gasteiger partial charge < -0.3 is 14.2 Å². The van der Waals surface area contributed by atoms with Crippen LogP contribution in [-0.2, 0) is 4.65 Å². The van der Waals surface area contributed by atoms with E-state index in [-0.39, 0.29) is 0 Å². The van der Waals surface area contributed by atoms with Gasteiger partial charge in [-0.3, -0.25) is 0 Å². The first-order valence-corrected chi connectivity index (χ1v) is 12.5. The number of benzene rings is 3. The molecule has 0 aliphatic heterocycles. The van der Waals surface area contributed by atoms with Crippen molar-refractivity contribution in [3.05, 3.63) is 66.2 Å². The summed E-state index contributed by atoms with van der Waals surface area (Å²) in [6.45, 7) is 7.33. The van der Waals surface area contributed by atoms with E-state index in [9.17, 15) is 5.11 Å². The van der Waals surface area contributed by atoms with Crippen LogP contribution in [0.3, 0.4) is 0 Å². The zero-order valence-corrected chi connectivity index (χ0v) is 20.7. The van der Waals surface area contributed by atoms with Crippen molar-refractivity contribution in [3.63, 3.8) is 0 Å². The summed E-state index contributed by atoms with van der Waals surface area (Å²) < 4.78 is 12.5. The van der Waals surface area contributed by atoms with Crippen LogP contribution in [-0.4, -0.2) is 23.8 Å². The van der Waals surface area contributed by atoms with Crippen LogP contribution in [0, 0.1) is 0 Å². The first-order valence-electron chi connectivity index (χ1n) is 12.5. The molecule has 3 nitrogen and oxygen atoms in total. The maximum Gasteiger partial charge on any atom is 0.331 e. The molecule has 34 heavy (non-hydrogen) atoms. The third kappa shape index (κ3) is 4.30. The van der Waals surface area contributed by atoms with Crippen LogP contribution in [0.4, 0.5) is 0 Å². The second kappa shape index (κ2) is 8.90. The summed E-state index contributed by atoms with van der Waals surface area (Å²) in [5.41, 5.74) is 4.64. The molecule has 0 spiro atoms. The van der Waals surface area contributed by atoms with Crippen molar-refractivity contribution in [3.8, 4) is 11.1 Å². The molecule has 1 aliphatic carbocycles. The summed E-state index contributed by atoms with van der Waals surface area (Å²) in [7, 11) is 1.76. The molecule has 1 saturated carbocycles. The Morgan fingerprint density at radius 3 is 2.29 bits per heavy atom. The summed E-state index contributed by atoms with van der Waals surface area (Å²) >= 11 is 0. The maximum absolute atomic E-state index is 10.5. The van der Waals surface area contributed by atoms with Crippen molar-refractivity contribution in [2.45, 2.75) is 76.9 Å². The zero-order chi connectivity index (χ0) is 23.9. The lowest BCUT2D eigenvalue weighted by atomic mass is 9.79. The fraction of sp³-hybridized carbons (Fsp3) is 0.400. The molecule has 1 aliphatic rings. The second-order valence-electron chi connectivity index (χ2n) is 10.8. The highest BCUT2D eigenvalue weighted by Gasteiger charge is 2.36. The van der Waals surface area contributed by atoms with Crippen LogP contribution in [0.5, 0.6) is 0 Å². The normalized spacial score (nSPS) is 15.8. The number of furan rings is 1. The molecule has 1 radical (unpaired) electrons. The van der Waals surface area contributed by atoms with E-state index < -0.39 is 11.2 Å². The van der Waals surface area contributed by atoms with Gasteiger partial charge in [-0.15, -0.1) is 0 Å². The Kier molecular flexibility index (Phi) is 6.08. The Morgan fingerprint density at radius 2 is 1.59 bits per heavy atom. The van der Waals surface area contributed by atoms with Crippen LogP contribution in [0.1, 0.15) is 71.3 Å². The molecule has 5 rings (SSSR count). The molecule has 1 heterocycles. The zero-order valence-electron chi connectivity index (χ0n) is 20.7. The van der Waals surface area contributed by atoms with Crippen molar-refractivity contribution in [1.82, 2.24) is 0 Å². The Bertz CT molecular complexity index is 1290. The summed E-state index contributed by atoms with van der Waals surface area (Å²) in [5, 5.41) is 12.6. The molecule has 0 unspecified atom stereocenters. The van der Waals surface area contributed by atoms with Gasteiger partial charge in [0.2, 0.25) is 0 Å². The molecular weight excluding hydrogens is 419 g/mol. The highest BCUT2D eigenvalue weighted by molar-refractivity contribution is 6.53. The minimum Gasteiger partial charge on any atom is -0.455 e. The standard InChI is InChI=1S/C30H34BO3/c1-29(2,32)30(3,4)34-31-25-19-18-23(28-27(25)24-12-8-9-13-26(24)33-28)22-16-14-21(15-17-22)20-10-6-5-7-11-20/h8-9,12-20,32H,5-7,10-11H2,1-4H3. The topological polar surface area (TPSA) is 42.6 Å². The predicted molar refractivity (Wildman–Crippen MR) is 142 cm³/mol. The monoisotopic (exact) mass is 453 g/mol. The Balaban J connectivity index is 1.55. The number of rotatable bonds is 6. The van der Waals surface area contributed by atoms with E-state index in [4.69, 9.17) is 9.07 Å². The molecule has 1 aromatic heterocycles. The molecule has 4 aromatic rings. The molecule has 0 bridgehead atoms. The van der Waals surface area contributed by atoms with Crippen LogP contribution in [0.25, 0.3) is 33.1 Å². The Hall–Kier alpha value is -2.56. The van der Waals surface area contributed by atoms with E-state index in [1.54, 1.807) is 21.3 Å². The highest BCUT2D eigenvalue weighted by Crippen LogP contribution is 2.37. The lowest BCUT2D eigenvalue weighted by molar-refractivity contribution is -0.0893. The lowest BCUT2D eigenvalue weighted by Crippen LogP contribution is -2.49. The third-order valence-electron chi connectivity index (χ3n) is 7.81. The highest BCUT2D eigenvalue weighted by atomic mass is 16.5. The van der Waals surface area contributed by atoms with Crippen LogP contribution < -0.4 is 5.46 Å². The third-order valence-corrected chi connectivity index (χ3v) is 7.81. The molecule has 0 saturated heterocycles. The number of hydrogen-bond donors (Lipinski definition) is 1. The minimum atomic E-state index is -0.985. The van der Waals surface area contributed by atoms with Gasteiger partial charge in [0.15, 0.2) is 0 Å². The number of fused-ring (bicyclic) bond motifs is 3. The van der Waals surface area contributed by atoms with Gasteiger partial charge in [-0.05, 0) is 69.1 Å². The average molecular weight is 453 g/mol. The van der Waals surface area contributed by atoms with Crippen molar-refractivity contribution in [1.29, 1.82) is 0 Å². The van der Waals surface area contributed by atoms with Gasteiger partial charge in [0.05, 0.1) is 11.2 Å². The first-order chi connectivity index (χ1) is 16.2. The maximum atomic E-state index is 10.5. The smallest absolute Gasteiger partial charge is 0.331 e. The predicted octanol–water partition coefficient (Wildman–Crippen LogP) is 7.11. The molecule has 1 N–H and O–H groups in total. The van der Waals surface area contributed by atoms with Gasteiger partial charge in [0.1, 0.15) is 11.2 Å². The average Bonchev–Trinajstić information content (AvgIpc) is 3.22. The fourth-order valence-corrected chi connectivity index (χ4v) is 4.91. The van der Waals surface area contributed by atoms with E-state index in [1.165, 1.54) is 37.7 Å². The van der Waals surface area contributed by atoms with E-state index in [0.717, 1.165) is 38.5 Å². The number of para-hydroxylation sites is 1. The largest absolute Gasteiger partial charge is 0.455 e. The summed E-state index contributed by atoms with van der Waals surface area (Å²) in [5.74, 6) is 0.697. The quantitative estimate of drug-likeness (QED) is 0.316. The molecule has 4 heteroatoms. The van der Waals surface area contributed by atoms with Crippen LogP contribution in [0.15, 0.2) is 65.1 Å². The van der Waals surface area contributed by atoms with Crippen molar-refractivity contribution in [2.75, 3.05) is 0 Å². The Labute approximate surface area is 203 Å². The molecular formula is C30H34BO3. The van der Waals surface area contributed by atoms with E-state index in [1.807, 2.05) is 32.0 Å². The van der Waals surface area contributed by atoms with E-state index in [0.29, 0.717) is 5.92 Å². The summed E-state index contributed by atoms with van der Waals surface area (Å²) in [4.78, 5) is 0. The van der Waals surface area contributed by atoms with Crippen molar-refractivity contribution in [2.24, 2.45) is 0 Å². The first kappa shape index (κ1) is 23.2. The molecule has 175 valence electrons. The molecule has 0 atom stereocenters. The second-order valence-corrected chi connectivity index (χ2v) is 10.8. The van der Waals surface area contributed by atoms with Crippen molar-refractivity contribution >= 4 is 34.9 Å². The van der Waals surface area contributed by atoms with Crippen LogP contribution >= 0.6 is 0 Å². The molecule has 3 aromatic carbocycles. The summed E-state index contributed by atoms with van der Waals surface area (Å²) in [6.07, 6.45) is 6.67. The van der Waals surface area contributed by atoms with E-state index in [2.05, 4.69) is 42.5 Å². The molecule has 0 amide bonds. The number of aliphatic hydroxyl groups is 1. The minimum absolute atomic E-state index is 0.697. The SMILES string of the molecule is CC(C)(O)C(C)(C)O[B]c1ccc(-c2ccc(C3CCCCC3)cc2)c2oc3ccccc3c12. The molecule has 1 fully saturated rings. The van der Waals surface area contributed by atoms with Gasteiger partial charge in [-0.25, -0.2) is 0 Å². The van der Waals surface area contributed by atoms with Gasteiger partial charge in [0, 0.05) is 16.3 Å².